The molecule has 0 radical (unpaired) electrons. The second-order valence-corrected chi connectivity index (χ2v) is 5.08. The largest absolute Gasteiger partial charge is 0.409 e. The van der Waals surface area contributed by atoms with Gasteiger partial charge in [0.1, 0.15) is 0 Å². The highest BCUT2D eigenvalue weighted by Crippen LogP contribution is 2.03. The van der Waals surface area contributed by atoms with Crippen LogP contribution in [0.4, 0.5) is 0 Å². The molecule has 0 aromatic rings. The summed E-state index contributed by atoms with van der Waals surface area (Å²) in [6, 6.07) is -0.752. The Balaban J connectivity index is 2.63. The lowest BCUT2D eigenvalue weighted by Gasteiger charge is -2.27. The van der Waals surface area contributed by atoms with E-state index in [2.05, 4.69) is 9.88 Å². The fraction of sp³-hybridized carbons (Fsp3) is 0.857. The molecule has 0 saturated carbocycles. The maximum atomic E-state index is 11.8. The van der Waals surface area contributed by atoms with E-state index in [-0.39, 0.29) is 5.84 Å². The normalized spacial score (nSPS) is 21.9. The molecule has 9 heteroatoms. The van der Waals surface area contributed by atoms with Crippen molar-refractivity contribution in [1.29, 1.82) is 0 Å². The van der Waals surface area contributed by atoms with Crippen molar-refractivity contribution in [3.63, 3.8) is 0 Å². The zero-order valence-electron chi connectivity index (χ0n) is 8.96. The summed E-state index contributed by atoms with van der Waals surface area (Å²) in [5, 5.41) is 11.1. The third-order valence-corrected chi connectivity index (χ3v) is 3.89. The van der Waals surface area contributed by atoms with Crippen LogP contribution in [0.25, 0.3) is 0 Å². The molecular formula is C7H16N4O4S. The van der Waals surface area contributed by atoms with Gasteiger partial charge in [0.2, 0.25) is 0 Å². The van der Waals surface area contributed by atoms with E-state index in [9.17, 15) is 8.42 Å². The van der Waals surface area contributed by atoms with Gasteiger partial charge in [-0.05, 0) is 6.92 Å². The lowest BCUT2D eigenvalue weighted by molar-refractivity contribution is 0.0724. The minimum atomic E-state index is -3.61. The van der Waals surface area contributed by atoms with Crippen molar-refractivity contribution in [2.75, 3.05) is 26.3 Å². The summed E-state index contributed by atoms with van der Waals surface area (Å²) < 4.78 is 32.2. The molecule has 1 unspecified atom stereocenters. The minimum absolute atomic E-state index is 0.183. The van der Waals surface area contributed by atoms with E-state index in [0.717, 1.165) is 0 Å². The first-order chi connectivity index (χ1) is 7.47. The molecule has 1 saturated heterocycles. The Morgan fingerprint density at radius 3 is 2.62 bits per heavy atom. The first kappa shape index (κ1) is 13.2. The Kier molecular flexibility index (Phi) is 4.47. The van der Waals surface area contributed by atoms with Crippen LogP contribution in [-0.4, -0.2) is 56.1 Å². The second-order valence-electron chi connectivity index (χ2n) is 3.38. The number of nitrogens with one attached hydrogen (secondary N) is 1. The number of amidine groups is 1. The summed E-state index contributed by atoms with van der Waals surface area (Å²) in [6.45, 7) is 2.85. The predicted molar refractivity (Wildman–Crippen MR) is 57.3 cm³/mol. The van der Waals surface area contributed by atoms with Gasteiger partial charge in [0, 0.05) is 13.1 Å². The van der Waals surface area contributed by atoms with Crippen molar-refractivity contribution < 1.29 is 18.4 Å². The number of hydrogen-bond acceptors (Lipinski definition) is 5. The van der Waals surface area contributed by atoms with Crippen LogP contribution in [-0.2, 0) is 14.9 Å². The third-order valence-electron chi connectivity index (χ3n) is 2.19. The number of ether oxygens (including phenoxy) is 1. The Bertz CT molecular complexity index is 349. The third kappa shape index (κ3) is 3.30. The van der Waals surface area contributed by atoms with Crippen LogP contribution in [0.5, 0.6) is 0 Å². The van der Waals surface area contributed by atoms with E-state index in [1.807, 2.05) is 0 Å². The summed E-state index contributed by atoms with van der Waals surface area (Å²) in [4.78, 5) is 0. The highest BCUT2D eigenvalue weighted by Gasteiger charge is 2.26. The fourth-order valence-corrected chi connectivity index (χ4v) is 2.58. The summed E-state index contributed by atoms with van der Waals surface area (Å²) in [7, 11) is -3.61. The molecule has 1 fully saturated rings. The molecule has 0 spiro atoms. The maximum Gasteiger partial charge on any atom is 0.280 e. The zero-order chi connectivity index (χ0) is 12.2. The number of morpholine rings is 1. The van der Waals surface area contributed by atoms with Gasteiger partial charge in [0.25, 0.3) is 10.2 Å². The average Bonchev–Trinajstić information content (AvgIpc) is 2.28. The van der Waals surface area contributed by atoms with E-state index < -0.39 is 16.3 Å². The van der Waals surface area contributed by atoms with Crippen molar-refractivity contribution in [2.24, 2.45) is 10.9 Å². The van der Waals surface area contributed by atoms with E-state index >= 15 is 0 Å². The van der Waals surface area contributed by atoms with Gasteiger partial charge in [0.15, 0.2) is 5.84 Å². The van der Waals surface area contributed by atoms with Gasteiger partial charge < -0.3 is 15.7 Å². The lowest BCUT2D eigenvalue weighted by Crippen LogP contribution is -2.51. The van der Waals surface area contributed by atoms with Crippen molar-refractivity contribution in [3.05, 3.63) is 0 Å². The number of oxime groups is 1. The first-order valence-electron chi connectivity index (χ1n) is 4.80. The van der Waals surface area contributed by atoms with Gasteiger partial charge in [-0.3, -0.25) is 0 Å². The first-order valence-corrected chi connectivity index (χ1v) is 6.24. The molecule has 0 aromatic carbocycles. The van der Waals surface area contributed by atoms with Gasteiger partial charge in [0.05, 0.1) is 19.3 Å². The molecule has 16 heavy (non-hydrogen) atoms. The molecule has 4 N–H and O–H groups in total. The number of nitrogens with two attached hydrogens (primary N) is 1. The van der Waals surface area contributed by atoms with E-state index in [1.165, 1.54) is 11.2 Å². The highest BCUT2D eigenvalue weighted by atomic mass is 32.2. The minimum Gasteiger partial charge on any atom is -0.409 e. The lowest BCUT2D eigenvalue weighted by atomic mass is 10.3. The summed E-state index contributed by atoms with van der Waals surface area (Å²) in [6.07, 6.45) is 0. The Labute approximate surface area is 94.2 Å². The number of nitrogens with zero attached hydrogens (tertiary/aromatic N) is 2. The van der Waals surface area contributed by atoms with Crippen LogP contribution < -0.4 is 10.5 Å². The van der Waals surface area contributed by atoms with Crippen LogP contribution in [0.2, 0.25) is 0 Å². The molecule has 0 aromatic heterocycles. The topological polar surface area (TPSA) is 117 Å². The van der Waals surface area contributed by atoms with Crippen molar-refractivity contribution in [3.8, 4) is 0 Å². The molecule has 1 aliphatic heterocycles. The molecule has 0 bridgehead atoms. The van der Waals surface area contributed by atoms with Crippen LogP contribution in [0.15, 0.2) is 5.16 Å². The summed E-state index contributed by atoms with van der Waals surface area (Å²) in [5.74, 6) is -0.183. The zero-order valence-corrected chi connectivity index (χ0v) is 9.77. The number of rotatable bonds is 4. The number of hydrogen-bond donors (Lipinski definition) is 3. The van der Waals surface area contributed by atoms with E-state index in [1.54, 1.807) is 0 Å². The van der Waals surface area contributed by atoms with Gasteiger partial charge >= 0.3 is 0 Å². The van der Waals surface area contributed by atoms with Gasteiger partial charge in [-0.15, -0.1) is 0 Å². The smallest absolute Gasteiger partial charge is 0.280 e. The average molecular weight is 252 g/mol. The summed E-state index contributed by atoms with van der Waals surface area (Å²) >= 11 is 0. The molecule has 1 rings (SSSR count). The van der Waals surface area contributed by atoms with Crippen LogP contribution in [0.1, 0.15) is 6.92 Å². The fourth-order valence-electron chi connectivity index (χ4n) is 1.23. The summed E-state index contributed by atoms with van der Waals surface area (Å²) in [5.41, 5.74) is 5.28. The highest BCUT2D eigenvalue weighted by molar-refractivity contribution is 7.87. The standard InChI is InChI=1S/C7H16N4O4S/c1-6(7(8)9-12)10-16(13,14)11-2-4-15-5-3-11/h6,10,12H,2-5H2,1H3,(H2,8,9). The van der Waals surface area contributed by atoms with Gasteiger partial charge in [-0.1, -0.05) is 5.16 Å². The second kappa shape index (κ2) is 5.43. The Morgan fingerprint density at radius 2 is 2.12 bits per heavy atom. The molecule has 94 valence electrons. The monoisotopic (exact) mass is 252 g/mol. The Hall–Kier alpha value is -0.900. The van der Waals surface area contributed by atoms with E-state index in [0.29, 0.717) is 26.3 Å². The molecule has 1 heterocycles. The van der Waals surface area contributed by atoms with Crippen LogP contribution in [0.3, 0.4) is 0 Å². The molecule has 0 amide bonds. The Morgan fingerprint density at radius 1 is 1.56 bits per heavy atom. The maximum absolute atomic E-state index is 11.8. The SMILES string of the molecule is CC(NS(=O)(=O)N1CCOCC1)/C(N)=N/O. The molecule has 1 aliphatic rings. The molecule has 8 nitrogen and oxygen atoms in total. The van der Waals surface area contributed by atoms with Gasteiger partial charge in [-0.25, -0.2) is 0 Å². The van der Waals surface area contributed by atoms with Crippen LogP contribution >= 0.6 is 0 Å². The molecule has 0 aliphatic carbocycles. The molecule has 1 atom stereocenters. The predicted octanol–water partition coefficient (Wildman–Crippen LogP) is -1.71. The molecular weight excluding hydrogens is 236 g/mol. The van der Waals surface area contributed by atoms with Gasteiger partial charge in [-0.2, -0.15) is 17.4 Å². The quantitative estimate of drug-likeness (QED) is 0.238. The van der Waals surface area contributed by atoms with Crippen LogP contribution in [0, 0.1) is 0 Å². The van der Waals surface area contributed by atoms with E-state index in [4.69, 9.17) is 15.7 Å². The van der Waals surface area contributed by atoms with Crippen molar-refractivity contribution >= 4 is 16.0 Å². The van der Waals surface area contributed by atoms with Crippen molar-refractivity contribution in [2.45, 2.75) is 13.0 Å². The van der Waals surface area contributed by atoms with Crippen molar-refractivity contribution in [1.82, 2.24) is 9.03 Å².